The Bertz CT molecular complexity index is 523. The first kappa shape index (κ1) is 11.5. The van der Waals surface area contributed by atoms with Crippen LogP contribution in [0.25, 0.3) is 0 Å². The van der Waals surface area contributed by atoms with Gasteiger partial charge in [0, 0.05) is 30.2 Å². The molecule has 0 radical (unpaired) electrons. The maximum atomic E-state index is 11.9. The van der Waals surface area contributed by atoms with Crippen LogP contribution >= 0.6 is 11.3 Å². The largest absolute Gasteiger partial charge is 0.351 e. The van der Waals surface area contributed by atoms with Crippen molar-refractivity contribution in [3.8, 4) is 0 Å². The third-order valence-electron chi connectivity index (χ3n) is 3.17. The number of aryl methyl sites for hydroxylation is 2. The van der Waals surface area contributed by atoms with Crippen molar-refractivity contribution >= 4 is 17.2 Å². The van der Waals surface area contributed by atoms with E-state index in [0.29, 0.717) is 6.54 Å². The summed E-state index contributed by atoms with van der Waals surface area (Å²) in [7, 11) is 0. The summed E-state index contributed by atoms with van der Waals surface area (Å²) >= 11 is 1.64. The Kier molecular flexibility index (Phi) is 3.15. The number of nitrogens with zero attached hydrogens (tertiary/aromatic N) is 1. The van der Waals surface area contributed by atoms with Crippen molar-refractivity contribution in [2.24, 2.45) is 0 Å². The quantitative estimate of drug-likeness (QED) is 0.883. The molecule has 1 aliphatic rings. The molecule has 0 aliphatic heterocycles. The van der Waals surface area contributed by atoms with Crippen LogP contribution in [-0.4, -0.2) is 22.4 Å². The number of amides is 1. The number of thiophene rings is 1. The number of fused-ring (bicyclic) bond motifs is 1. The number of hydrogen-bond donors (Lipinski definition) is 2. The van der Waals surface area contributed by atoms with Gasteiger partial charge in [0.1, 0.15) is 5.82 Å². The van der Waals surface area contributed by atoms with Gasteiger partial charge in [-0.3, -0.25) is 4.79 Å². The molecule has 0 fully saturated rings. The molecule has 94 valence electrons. The number of imidazole rings is 1. The van der Waals surface area contributed by atoms with Gasteiger partial charge in [0.2, 0.25) is 0 Å². The number of rotatable bonds is 4. The first-order valence-corrected chi connectivity index (χ1v) is 7.02. The minimum absolute atomic E-state index is 0.0426. The minimum atomic E-state index is 0.0426. The number of carbonyl (C=O) groups is 1. The van der Waals surface area contributed by atoms with Gasteiger partial charge in [-0.2, -0.15) is 0 Å². The van der Waals surface area contributed by atoms with E-state index in [9.17, 15) is 4.79 Å². The molecule has 4 nitrogen and oxygen atoms in total. The molecule has 0 atom stereocenters. The molecule has 3 rings (SSSR count). The lowest BCUT2D eigenvalue weighted by Gasteiger charge is -2.01. The molecule has 0 saturated heterocycles. The van der Waals surface area contributed by atoms with E-state index in [1.165, 1.54) is 16.9 Å². The fraction of sp³-hybridized carbons (Fsp3) is 0.385. The molecule has 0 bridgehead atoms. The van der Waals surface area contributed by atoms with Crippen molar-refractivity contribution in [1.82, 2.24) is 15.3 Å². The second kappa shape index (κ2) is 4.94. The summed E-state index contributed by atoms with van der Waals surface area (Å²) in [6.07, 6.45) is 7.76. The SMILES string of the molecule is O=C(NCCc1ncc[nH]1)c1cc2c(s1)CCC2. The summed E-state index contributed by atoms with van der Waals surface area (Å²) in [5.41, 5.74) is 1.37. The topological polar surface area (TPSA) is 57.8 Å². The summed E-state index contributed by atoms with van der Waals surface area (Å²) in [6.45, 7) is 0.620. The molecule has 1 aliphatic carbocycles. The van der Waals surface area contributed by atoms with Gasteiger partial charge in [0.25, 0.3) is 5.91 Å². The summed E-state index contributed by atoms with van der Waals surface area (Å²) in [4.78, 5) is 21.3. The van der Waals surface area contributed by atoms with Gasteiger partial charge in [-0.05, 0) is 30.9 Å². The summed E-state index contributed by atoms with van der Waals surface area (Å²) in [5.74, 6) is 0.949. The van der Waals surface area contributed by atoms with E-state index in [1.807, 2.05) is 0 Å². The van der Waals surface area contributed by atoms with E-state index >= 15 is 0 Å². The predicted molar refractivity (Wildman–Crippen MR) is 71.0 cm³/mol. The van der Waals surface area contributed by atoms with E-state index in [4.69, 9.17) is 0 Å². The minimum Gasteiger partial charge on any atom is -0.351 e. The molecule has 18 heavy (non-hydrogen) atoms. The van der Waals surface area contributed by atoms with Gasteiger partial charge in [-0.25, -0.2) is 4.98 Å². The normalized spacial score (nSPS) is 13.6. The maximum Gasteiger partial charge on any atom is 0.261 e. The van der Waals surface area contributed by atoms with Crippen LogP contribution in [0.3, 0.4) is 0 Å². The van der Waals surface area contributed by atoms with Crippen LogP contribution in [0.5, 0.6) is 0 Å². The fourth-order valence-electron chi connectivity index (χ4n) is 2.26. The van der Waals surface area contributed by atoms with Crippen LogP contribution in [0.4, 0.5) is 0 Å². The van der Waals surface area contributed by atoms with Crippen LogP contribution < -0.4 is 5.32 Å². The Balaban J connectivity index is 1.54. The highest BCUT2D eigenvalue weighted by Crippen LogP contribution is 2.30. The molecule has 1 amide bonds. The highest BCUT2D eigenvalue weighted by atomic mass is 32.1. The highest BCUT2D eigenvalue weighted by Gasteiger charge is 2.18. The van der Waals surface area contributed by atoms with Gasteiger partial charge in [0.05, 0.1) is 4.88 Å². The molecule has 2 N–H and O–H groups in total. The molecule has 0 unspecified atom stereocenters. The zero-order valence-electron chi connectivity index (χ0n) is 10.0. The first-order chi connectivity index (χ1) is 8.83. The lowest BCUT2D eigenvalue weighted by molar-refractivity contribution is 0.0958. The molecule has 2 heterocycles. The molecule has 2 aromatic rings. The number of aromatic amines is 1. The molecule has 0 aromatic carbocycles. The molecule has 0 spiro atoms. The van der Waals surface area contributed by atoms with Gasteiger partial charge < -0.3 is 10.3 Å². The summed E-state index contributed by atoms with van der Waals surface area (Å²) in [5, 5.41) is 2.94. The van der Waals surface area contributed by atoms with Crippen molar-refractivity contribution in [3.63, 3.8) is 0 Å². The first-order valence-electron chi connectivity index (χ1n) is 6.21. The number of aromatic nitrogens is 2. The van der Waals surface area contributed by atoms with Crippen LogP contribution in [0.1, 0.15) is 32.4 Å². The standard InChI is InChI=1S/C13H15N3OS/c17-13(16-5-4-12-14-6-7-15-12)11-8-9-2-1-3-10(9)18-11/h6-8H,1-5H2,(H,14,15)(H,16,17). The van der Waals surface area contributed by atoms with Crippen molar-refractivity contribution in [3.05, 3.63) is 39.6 Å². The second-order valence-corrected chi connectivity index (χ2v) is 5.59. The number of H-pyrrole nitrogens is 1. The average Bonchev–Trinajstić information content (AvgIpc) is 3.04. The van der Waals surface area contributed by atoms with E-state index in [2.05, 4.69) is 21.4 Å². The van der Waals surface area contributed by atoms with Crippen LogP contribution in [0, 0.1) is 0 Å². The molecule has 5 heteroatoms. The zero-order valence-corrected chi connectivity index (χ0v) is 10.8. The van der Waals surface area contributed by atoms with Gasteiger partial charge in [-0.1, -0.05) is 0 Å². The maximum absolute atomic E-state index is 11.9. The molecule has 2 aromatic heterocycles. The lowest BCUT2D eigenvalue weighted by atomic mass is 10.2. The Morgan fingerprint density at radius 3 is 3.22 bits per heavy atom. The lowest BCUT2D eigenvalue weighted by Crippen LogP contribution is -2.25. The average molecular weight is 261 g/mol. The van der Waals surface area contributed by atoms with Crippen LogP contribution in [0.2, 0.25) is 0 Å². The van der Waals surface area contributed by atoms with Crippen molar-refractivity contribution in [1.29, 1.82) is 0 Å². The van der Waals surface area contributed by atoms with E-state index < -0.39 is 0 Å². The van der Waals surface area contributed by atoms with Gasteiger partial charge >= 0.3 is 0 Å². The van der Waals surface area contributed by atoms with Crippen LogP contribution in [0.15, 0.2) is 18.5 Å². The highest BCUT2D eigenvalue weighted by molar-refractivity contribution is 7.14. The van der Waals surface area contributed by atoms with Crippen LogP contribution in [-0.2, 0) is 19.3 Å². The van der Waals surface area contributed by atoms with E-state index in [0.717, 1.165) is 30.0 Å². The fourth-order valence-corrected chi connectivity index (χ4v) is 3.43. The Hall–Kier alpha value is -1.62. The monoisotopic (exact) mass is 261 g/mol. The summed E-state index contributed by atoms with van der Waals surface area (Å²) < 4.78 is 0. The zero-order chi connectivity index (χ0) is 12.4. The predicted octanol–water partition coefficient (Wildman–Crippen LogP) is 1.93. The number of nitrogens with one attached hydrogen (secondary N) is 2. The molecular weight excluding hydrogens is 246 g/mol. The van der Waals surface area contributed by atoms with Gasteiger partial charge in [-0.15, -0.1) is 11.3 Å². The van der Waals surface area contributed by atoms with Gasteiger partial charge in [0.15, 0.2) is 0 Å². The molecular formula is C13H15N3OS. The third-order valence-corrected chi connectivity index (χ3v) is 4.41. The number of carbonyl (C=O) groups excluding carboxylic acids is 1. The van der Waals surface area contributed by atoms with Crippen molar-refractivity contribution in [2.75, 3.05) is 6.54 Å². The Morgan fingerprint density at radius 2 is 2.44 bits per heavy atom. The Labute approximate surface area is 109 Å². The van der Waals surface area contributed by atoms with Crippen molar-refractivity contribution < 1.29 is 4.79 Å². The summed E-state index contributed by atoms with van der Waals surface area (Å²) in [6, 6.07) is 2.05. The second-order valence-electron chi connectivity index (χ2n) is 4.45. The Morgan fingerprint density at radius 1 is 1.50 bits per heavy atom. The smallest absolute Gasteiger partial charge is 0.261 e. The van der Waals surface area contributed by atoms with E-state index in [1.54, 1.807) is 23.7 Å². The molecule has 0 saturated carbocycles. The number of hydrogen-bond acceptors (Lipinski definition) is 3. The third kappa shape index (κ3) is 2.31. The van der Waals surface area contributed by atoms with Crippen molar-refractivity contribution in [2.45, 2.75) is 25.7 Å². The van der Waals surface area contributed by atoms with E-state index in [-0.39, 0.29) is 5.91 Å².